The van der Waals surface area contributed by atoms with E-state index in [0.717, 1.165) is 50.1 Å². The SMILES string of the molecule is Cc1nc(CN2CCNCC2)c(C)o1. The van der Waals surface area contributed by atoms with Crippen LogP contribution in [0.2, 0.25) is 0 Å². The summed E-state index contributed by atoms with van der Waals surface area (Å²) in [7, 11) is 0. The number of rotatable bonds is 2. The van der Waals surface area contributed by atoms with Gasteiger partial charge in [0.2, 0.25) is 0 Å². The van der Waals surface area contributed by atoms with Crippen LogP contribution in [0.5, 0.6) is 0 Å². The Morgan fingerprint density at radius 2 is 2.07 bits per heavy atom. The largest absolute Gasteiger partial charge is 0.446 e. The first-order valence-corrected chi connectivity index (χ1v) is 5.11. The molecule has 0 aromatic carbocycles. The maximum Gasteiger partial charge on any atom is 0.191 e. The van der Waals surface area contributed by atoms with E-state index in [-0.39, 0.29) is 0 Å². The van der Waals surface area contributed by atoms with E-state index in [4.69, 9.17) is 4.42 Å². The van der Waals surface area contributed by atoms with Crippen LogP contribution in [0.1, 0.15) is 17.3 Å². The third-order valence-corrected chi connectivity index (χ3v) is 2.58. The molecule has 0 atom stereocenters. The van der Waals surface area contributed by atoms with Crippen molar-refractivity contribution < 1.29 is 4.42 Å². The quantitative estimate of drug-likeness (QED) is 0.754. The number of oxazole rings is 1. The molecule has 78 valence electrons. The van der Waals surface area contributed by atoms with Crippen molar-refractivity contribution in [1.29, 1.82) is 0 Å². The average molecular weight is 195 g/mol. The Kier molecular flexibility index (Phi) is 2.84. The number of piperazine rings is 1. The molecule has 1 aromatic heterocycles. The molecule has 2 rings (SSSR count). The van der Waals surface area contributed by atoms with Gasteiger partial charge in [0.1, 0.15) is 5.76 Å². The van der Waals surface area contributed by atoms with Crippen molar-refractivity contribution in [3.8, 4) is 0 Å². The molecule has 1 aliphatic heterocycles. The zero-order chi connectivity index (χ0) is 9.97. The Morgan fingerprint density at radius 1 is 1.36 bits per heavy atom. The molecule has 0 spiro atoms. The lowest BCUT2D eigenvalue weighted by Gasteiger charge is -2.26. The Morgan fingerprint density at radius 3 is 2.64 bits per heavy atom. The Bertz CT molecular complexity index is 302. The molecule has 1 aliphatic rings. The van der Waals surface area contributed by atoms with Gasteiger partial charge >= 0.3 is 0 Å². The number of nitrogens with one attached hydrogen (secondary N) is 1. The smallest absolute Gasteiger partial charge is 0.191 e. The predicted molar refractivity (Wildman–Crippen MR) is 54.1 cm³/mol. The highest BCUT2D eigenvalue weighted by molar-refractivity contribution is 5.07. The number of hydrogen-bond acceptors (Lipinski definition) is 4. The zero-order valence-corrected chi connectivity index (χ0v) is 8.84. The third-order valence-electron chi connectivity index (χ3n) is 2.58. The molecule has 1 N–H and O–H groups in total. The second-order valence-corrected chi connectivity index (χ2v) is 3.76. The highest BCUT2D eigenvalue weighted by atomic mass is 16.4. The van der Waals surface area contributed by atoms with Gasteiger partial charge < -0.3 is 9.73 Å². The summed E-state index contributed by atoms with van der Waals surface area (Å²) in [6.07, 6.45) is 0. The molecular formula is C10H17N3O. The summed E-state index contributed by atoms with van der Waals surface area (Å²) in [4.78, 5) is 6.78. The van der Waals surface area contributed by atoms with Crippen molar-refractivity contribution in [3.05, 3.63) is 17.3 Å². The van der Waals surface area contributed by atoms with Crippen LogP contribution in [-0.4, -0.2) is 36.1 Å². The summed E-state index contributed by atoms with van der Waals surface area (Å²) in [6.45, 7) is 9.17. The van der Waals surface area contributed by atoms with Gasteiger partial charge in [0, 0.05) is 39.6 Å². The third kappa shape index (κ3) is 2.13. The molecule has 14 heavy (non-hydrogen) atoms. The molecular weight excluding hydrogens is 178 g/mol. The van der Waals surface area contributed by atoms with Crippen molar-refractivity contribution >= 4 is 0 Å². The van der Waals surface area contributed by atoms with E-state index in [9.17, 15) is 0 Å². The topological polar surface area (TPSA) is 41.3 Å². The number of hydrogen-bond donors (Lipinski definition) is 1. The van der Waals surface area contributed by atoms with Crippen LogP contribution in [0.15, 0.2) is 4.42 Å². The summed E-state index contributed by atoms with van der Waals surface area (Å²) < 4.78 is 5.40. The summed E-state index contributed by atoms with van der Waals surface area (Å²) in [5, 5.41) is 3.33. The molecule has 0 amide bonds. The first-order chi connectivity index (χ1) is 6.75. The summed E-state index contributed by atoms with van der Waals surface area (Å²) >= 11 is 0. The van der Waals surface area contributed by atoms with Gasteiger partial charge in [-0.25, -0.2) is 4.98 Å². The number of aryl methyl sites for hydroxylation is 2. The minimum Gasteiger partial charge on any atom is -0.446 e. The normalized spacial score (nSPS) is 18.7. The first kappa shape index (κ1) is 9.68. The lowest BCUT2D eigenvalue weighted by atomic mass is 10.3. The van der Waals surface area contributed by atoms with E-state index in [1.54, 1.807) is 0 Å². The van der Waals surface area contributed by atoms with E-state index >= 15 is 0 Å². The van der Waals surface area contributed by atoms with Gasteiger partial charge in [-0.05, 0) is 6.92 Å². The molecule has 1 saturated heterocycles. The van der Waals surface area contributed by atoms with Gasteiger partial charge in [-0.1, -0.05) is 0 Å². The van der Waals surface area contributed by atoms with Crippen LogP contribution < -0.4 is 5.32 Å². The maximum atomic E-state index is 5.40. The van der Waals surface area contributed by atoms with Crippen LogP contribution in [0.3, 0.4) is 0 Å². The van der Waals surface area contributed by atoms with Gasteiger partial charge in [-0.3, -0.25) is 4.90 Å². The van der Waals surface area contributed by atoms with E-state index < -0.39 is 0 Å². The van der Waals surface area contributed by atoms with Gasteiger partial charge in [-0.15, -0.1) is 0 Å². The lowest BCUT2D eigenvalue weighted by molar-refractivity contribution is 0.230. The van der Waals surface area contributed by atoms with Gasteiger partial charge in [-0.2, -0.15) is 0 Å². The maximum absolute atomic E-state index is 5.40. The molecule has 1 fully saturated rings. The molecule has 0 bridgehead atoms. The van der Waals surface area contributed by atoms with Gasteiger partial charge in [0.05, 0.1) is 5.69 Å². The van der Waals surface area contributed by atoms with Crippen molar-refractivity contribution in [1.82, 2.24) is 15.2 Å². The molecule has 2 heterocycles. The number of aromatic nitrogens is 1. The minimum atomic E-state index is 0.771. The fraction of sp³-hybridized carbons (Fsp3) is 0.700. The molecule has 0 radical (unpaired) electrons. The van der Waals surface area contributed by atoms with E-state index in [0.29, 0.717) is 0 Å². The van der Waals surface area contributed by atoms with Crippen LogP contribution in [0, 0.1) is 13.8 Å². The Labute approximate surface area is 84.3 Å². The second-order valence-electron chi connectivity index (χ2n) is 3.76. The fourth-order valence-electron chi connectivity index (χ4n) is 1.80. The van der Waals surface area contributed by atoms with Gasteiger partial charge in [0.25, 0.3) is 0 Å². The highest BCUT2D eigenvalue weighted by Gasteiger charge is 2.14. The first-order valence-electron chi connectivity index (χ1n) is 5.11. The Balaban J connectivity index is 1.98. The second kappa shape index (κ2) is 4.11. The van der Waals surface area contributed by atoms with Crippen LogP contribution >= 0.6 is 0 Å². The Hall–Kier alpha value is -0.870. The zero-order valence-electron chi connectivity index (χ0n) is 8.84. The summed E-state index contributed by atoms with van der Waals surface area (Å²) in [5.74, 6) is 1.73. The van der Waals surface area contributed by atoms with E-state index in [1.807, 2.05) is 13.8 Å². The van der Waals surface area contributed by atoms with E-state index in [1.165, 1.54) is 0 Å². The van der Waals surface area contributed by atoms with Crippen LogP contribution in [-0.2, 0) is 6.54 Å². The number of nitrogens with zero attached hydrogens (tertiary/aromatic N) is 2. The van der Waals surface area contributed by atoms with Crippen molar-refractivity contribution in [2.75, 3.05) is 26.2 Å². The standard InChI is InChI=1S/C10H17N3O/c1-8-10(12-9(2)14-8)7-13-5-3-11-4-6-13/h11H,3-7H2,1-2H3. The molecule has 1 aromatic rings. The molecule has 0 unspecified atom stereocenters. The van der Waals surface area contributed by atoms with Crippen LogP contribution in [0.4, 0.5) is 0 Å². The van der Waals surface area contributed by atoms with Crippen molar-refractivity contribution in [2.24, 2.45) is 0 Å². The fourth-order valence-corrected chi connectivity index (χ4v) is 1.80. The van der Waals surface area contributed by atoms with Crippen molar-refractivity contribution in [3.63, 3.8) is 0 Å². The molecule has 4 nitrogen and oxygen atoms in total. The lowest BCUT2D eigenvalue weighted by Crippen LogP contribution is -2.43. The minimum absolute atomic E-state index is 0.771. The summed E-state index contributed by atoms with van der Waals surface area (Å²) in [6, 6.07) is 0. The molecule has 0 saturated carbocycles. The average Bonchev–Trinajstić information content (AvgIpc) is 2.47. The highest BCUT2D eigenvalue weighted by Crippen LogP contribution is 2.11. The predicted octanol–water partition coefficient (Wildman–Crippen LogP) is 0.697. The van der Waals surface area contributed by atoms with E-state index in [2.05, 4.69) is 15.2 Å². The van der Waals surface area contributed by atoms with Gasteiger partial charge in [0.15, 0.2) is 5.89 Å². The van der Waals surface area contributed by atoms with Crippen molar-refractivity contribution in [2.45, 2.75) is 20.4 Å². The molecule has 0 aliphatic carbocycles. The molecule has 4 heteroatoms. The van der Waals surface area contributed by atoms with Crippen LogP contribution in [0.25, 0.3) is 0 Å². The monoisotopic (exact) mass is 195 g/mol. The summed E-state index contributed by atoms with van der Waals surface area (Å²) in [5.41, 5.74) is 1.09.